The van der Waals surface area contributed by atoms with Crippen LogP contribution in [0, 0.1) is 0 Å². The van der Waals surface area contributed by atoms with Crippen molar-refractivity contribution >= 4 is 0 Å². The molecule has 18 heavy (non-hydrogen) atoms. The third kappa shape index (κ3) is 4.31. The van der Waals surface area contributed by atoms with Crippen LogP contribution in [0.2, 0.25) is 0 Å². The van der Waals surface area contributed by atoms with Crippen molar-refractivity contribution in [1.29, 1.82) is 0 Å². The van der Waals surface area contributed by atoms with E-state index in [2.05, 4.69) is 28.4 Å². The van der Waals surface area contributed by atoms with E-state index in [1.807, 2.05) is 13.0 Å². The predicted molar refractivity (Wildman–Crippen MR) is 75.2 cm³/mol. The lowest BCUT2D eigenvalue weighted by Gasteiger charge is -2.19. The monoisotopic (exact) mass is 248 g/mol. The number of hydrogen-bond acceptors (Lipinski definition) is 3. The average molecular weight is 248 g/mol. The number of nitrogens with zero attached hydrogens (tertiary/aromatic N) is 1. The third-order valence-corrected chi connectivity index (χ3v) is 3.36. The third-order valence-electron chi connectivity index (χ3n) is 3.36. The van der Waals surface area contributed by atoms with Crippen LogP contribution in [0.5, 0.6) is 5.75 Å². The van der Waals surface area contributed by atoms with E-state index in [4.69, 9.17) is 4.74 Å². The Morgan fingerprint density at radius 2 is 2.22 bits per heavy atom. The molecule has 1 aromatic rings. The smallest absolute Gasteiger partial charge is 0.119 e. The Morgan fingerprint density at radius 1 is 1.28 bits per heavy atom. The van der Waals surface area contributed by atoms with Gasteiger partial charge in [-0.2, -0.15) is 0 Å². The minimum Gasteiger partial charge on any atom is -0.494 e. The molecular weight excluding hydrogens is 224 g/mol. The summed E-state index contributed by atoms with van der Waals surface area (Å²) in [6.45, 7) is 8.59. The first-order valence-electron chi connectivity index (χ1n) is 7.03. The van der Waals surface area contributed by atoms with Crippen LogP contribution in [0.1, 0.15) is 18.9 Å². The van der Waals surface area contributed by atoms with Crippen molar-refractivity contribution in [3.05, 3.63) is 29.8 Å². The molecule has 3 heteroatoms. The van der Waals surface area contributed by atoms with Gasteiger partial charge in [0.1, 0.15) is 5.75 Å². The van der Waals surface area contributed by atoms with E-state index in [0.29, 0.717) is 0 Å². The summed E-state index contributed by atoms with van der Waals surface area (Å²) in [6, 6.07) is 8.48. The molecule has 1 saturated heterocycles. The Hall–Kier alpha value is -1.06. The molecule has 1 N–H and O–H groups in total. The van der Waals surface area contributed by atoms with Crippen LogP contribution in [0.25, 0.3) is 0 Å². The van der Waals surface area contributed by atoms with Crippen molar-refractivity contribution in [3.63, 3.8) is 0 Å². The summed E-state index contributed by atoms with van der Waals surface area (Å²) < 4.78 is 5.53. The SMILES string of the molecule is CCOc1cccc(CCN2CCCNCC2)c1. The molecule has 0 saturated carbocycles. The second-order valence-electron chi connectivity index (χ2n) is 4.78. The molecule has 1 fully saturated rings. The minimum absolute atomic E-state index is 0.737. The van der Waals surface area contributed by atoms with E-state index in [0.717, 1.165) is 38.4 Å². The Bertz CT molecular complexity index is 346. The quantitative estimate of drug-likeness (QED) is 0.861. The van der Waals surface area contributed by atoms with Gasteiger partial charge in [0.25, 0.3) is 0 Å². The highest BCUT2D eigenvalue weighted by Gasteiger charge is 2.08. The summed E-state index contributed by atoms with van der Waals surface area (Å²) in [5, 5.41) is 3.44. The van der Waals surface area contributed by atoms with Crippen LogP contribution in [-0.4, -0.2) is 44.2 Å². The lowest BCUT2D eigenvalue weighted by Crippen LogP contribution is -2.30. The van der Waals surface area contributed by atoms with Gasteiger partial charge < -0.3 is 15.0 Å². The molecule has 0 amide bonds. The summed E-state index contributed by atoms with van der Waals surface area (Å²) in [5.41, 5.74) is 1.37. The maximum Gasteiger partial charge on any atom is 0.119 e. The van der Waals surface area contributed by atoms with Crippen molar-refractivity contribution < 1.29 is 4.74 Å². The molecule has 1 aromatic carbocycles. The maximum atomic E-state index is 5.53. The van der Waals surface area contributed by atoms with Gasteiger partial charge in [-0.3, -0.25) is 0 Å². The molecule has 2 rings (SSSR count). The molecular formula is C15H24N2O. The first-order valence-corrected chi connectivity index (χ1v) is 7.03. The zero-order valence-corrected chi connectivity index (χ0v) is 11.3. The van der Waals surface area contributed by atoms with Gasteiger partial charge in [-0.1, -0.05) is 12.1 Å². The van der Waals surface area contributed by atoms with Crippen molar-refractivity contribution in [2.75, 3.05) is 39.3 Å². The molecule has 0 radical (unpaired) electrons. The predicted octanol–water partition coefficient (Wildman–Crippen LogP) is 1.92. The number of benzene rings is 1. The second-order valence-corrected chi connectivity index (χ2v) is 4.78. The Labute approximate surface area is 110 Å². The fourth-order valence-electron chi connectivity index (χ4n) is 2.37. The molecule has 0 bridgehead atoms. The molecule has 100 valence electrons. The van der Waals surface area contributed by atoms with Gasteiger partial charge in [-0.05, 0) is 50.6 Å². The van der Waals surface area contributed by atoms with Crippen LogP contribution in [0.4, 0.5) is 0 Å². The lowest BCUT2D eigenvalue weighted by molar-refractivity contribution is 0.296. The van der Waals surface area contributed by atoms with E-state index in [-0.39, 0.29) is 0 Å². The highest BCUT2D eigenvalue weighted by molar-refractivity contribution is 5.28. The average Bonchev–Trinajstić information content (AvgIpc) is 2.66. The summed E-state index contributed by atoms with van der Waals surface area (Å²) in [6.07, 6.45) is 2.37. The topological polar surface area (TPSA) is 24.5 Å². The van der Waals surface area contributed by atoms with Crippen molar-refractivity contribution in [1.82, 2.24) is 10.2 Å². The molecule has 3 nitrogen and oxygen atoms in total. The number of ether oxygens (including phenoxy) is 1. The van der Waals surface area contributed by atoms with Gasteiger partial charge in [0.15, 0.2) is 0 Å². The lowest BCUT2D eigenvalue weighted by atomic mass is 10.1. The Morgan fingerprint density at radius 3 is 3.11 bits per heavy atom. The summed E-state index contributed by atoms with van der Waals surface area (Å²) >= 11 is 0. The minimum atomic E-state index is 0.737. The Balaban J connectivity index is 1.83. The Kier molecular flexibility index (Phi) is 5.49. The van der Waals surface area contributed by atoms with Crippen molar-refractivity contribution in [3.8, 4) is 5.75 Å². The van der Waals surface area contributed by atoms with Crippen LogP contribution in [0.3, 0.4) is 0 Å². The zero-order valence-electron chi connectivity index (χ0n) is 11.3. The van der Waals surface area contributed by atoms with Crippen molar-refractivity contribution in [2.45, 2.75) is 19.8 Å². The molecule has 0 aromatic heterocycles. The van der Waals surface area contributed by atoms with E-state index in [1.165, 1.54) is 25.1 Å². The van der Waals surface area contributed by atoms with Crippen LogP contribution in [0.15, 0.2) is 24.3 Å². The normalized spacial score (nSPS) is 17.4. The van der Waals surface area contributed by atoms with E-state index < -0.39 is 0 Å². The second kappa shape index (κ2) is 7.39. The van der Waals surface area contributed by atoms with Gasteiger partial charge in [0, 0.05) is 19.6 Å². The van der Waals surface area contributed by atoms with Gasteiger partial charge in [-0.25, -0.2) is 0 Å². The molecule has 1 aliphatic rings. The van der Waals surface area contributed by atoms with Crippen molar-refractivity contribution in [2.24, 2.45) is 0 Å². The van der Waals surface area contributed by atoms with E-state index in [1.54, 1.807) is 0 Å². The zero-order chi connectivity index (χ0) is 12.6. The molecule has 0 unspecified atom stereocenters. The van der Waals surface area contributed by atoms with Gasteiger partial charge >= 0.3 is 0 Å². The van der Waals surface area contributed by atoms with Gasteiger partial charge in [0.05, 0.1) is 6.61 Å². The van der Waals surface area contributed by atoms with Crippen LogP contribution in [-0.2, 0) is 6.42 Å². The summed E-state index contributed by atoms with van der Waals surface area (Å²) in [4.78, 5) is 2.55. The van der Waals surface area contributed by atoms with E-state index >= 15 is 0 Å². The van der Waals surface area contributed by atoms with Crippen LogP contribution >= 0.6 is 0 Å². The molecule has 0 aliphatic carbocycles. The highest BCUT2D eigenvalue weighted by atomic mass is 16.5. The number of rotatable bonds is 5. The first kappa shape index (κ1) is 13.4. The van der Waals surface area contributed by atoms with Gasteiger partial charge in [0.2, 0.25) is 0 Å². The van der Waals surface area contributed by atoms with E-state index in [9.17, 15) is 0 Å². The number of hydrogen-bond donors (Lipinski definition) is 1. The summed E-state index contributed by atoms with van der Waals surface area (Å²) in [7, 11) is 0. The first-order chi connectivity index (χ1) is 8.88. The largest absolute Gasteiger partial charge is 0.494 e. The molecule has 0 atom stereocenters. The fraction of sp³-hybridized carbons (Fsp3) is 0.600. The van der Waals surface area contributed by atoms with Crippen LogP contribution < -0.4 is 10.1 Å². The maximum absolute atomic E-state index is 5.53. The molecule has 1 aliphatic heterocycles. The molecule has 0 spiro atoms. The van der Waals surface area contributed by atoms with Gasteiger partial charge in [-0.15, -0.1) is 0 Å². The fourth-order valence-corrected chi connectivity index (χ4v) is 2.37. The highest BCUT2D eigenvalue weighted by Crippen LogP contribution is 2.14. The summed E-state index contributed by atoms with van der Waals surface area (Å²) in [5.74, 6) is 0.993. The number of nitrogens with one attached hydrogen (secondary N) is 1. The molecule has 1 heterocycles. The standard InChI is InChI=1S/C15H24N2O/c1-2-18-15-6-3-5-14(13-15)7-11-17-10-4-8-16-9-12-17/h3,5-6,13,16H,2,4,7-12H2,1H3.